The molecule has 1 aliphatic rings. The average molecular weight is 263 g/mol. The van der Waals surface area contributed by atoms with Crippen molar-refractivity contribution >= 4 is 5.78 Å². The Morgan fingerprint density at radius 1 is 1.53 bits per heavy atom. The summed E-state index contributed by atoms with van der Waals surface area (Å²) in [5, 5.41) is 7.90. The molecule has 1 aliphatic heterocycles. The van der Waals surface area contributed by atoms with Gasteiger partial charge in [-0.15, -0.1) is 0 Å². The predicted octanol–water partition coefficient (Wildman–Crippen LogP) is 2.35. The molecule has 1 saturated heterocycles. The van der Waals surface area contributed by atoms with Crippen LogP contribution in [-0.4, -0.2) is 28.2 Å². The summed E-state index contributed by atoms with van der Waals surface area (Å²) in [5.41, 5.74) is 0.913. The van der Waals surface area contributed by atoms with Gasteiger partial charge in [0.1, 0.15) is 5.78 Å². The fourth-order valence-corrected chi connectivity index (χ4v) is 2.95. The Kier molecular flexibility index (Phi) is 4.75. The summed E-state index contributed by atoms with van der Waals surface area (Å²) in [4.78, 5) is 12.3. The molecule has 0 amide bonds. The van der Waals surface area contributed by atoms with E-state index in [0.717, 1.165) is 31.5 Å². The summed E-state index contributed by atoms with van der Waals surface area (Å²) < 4.78 is 2.01. The highest BCUT2D eigenvalue weighted by Crippen LogP contribution is 2.19. The minimum atomic E-state index is 0.165. The van der Waals surface area contributed by atoms with Gasteiger partial charge in [-0.3, -0.25) is 9.48 Å². The van der Waals surface area contributed by atoms with Crippen molar-refractivity contribution in [2.45, 2.75) is 58.5 Å². The Bertz CT molecular complexity index is 423. The minimum Gasteiger partial charge on any atom is -0.314 e. The maximum atomic E-state index is 12.3. The standard InChI is InChI=1S/C15H25N3O/c1-4-13(5-2)18-9-7-12(17-18)10-15(19)14-6-8-16-11(14)3/h7,9,11,13-14,16H,4-6,8,10H2,1-3H3. The summed E-state index contributed by atoms with van der Waals surface area (Å²) in [6.45, 7) is 7.40. The molecule has 2 atom stereocenters. The molecule has 2 unspecified atom stereocenters. The minimum absolute atomic E-state index is 0.165. The van der Waals surface area contributed by atoms with Crippen LogP contribution in [0.1, 0.15) is 51.8 Å². The van der Waals surface area contributed by atoms with Crippen LogP contribution < -0.4 is 5.32 Å². The second-order valence-corrected chi connectivity index (χ2v) is 5.54. The van der Waals surface area contributed by atoms with Crippen molar-refractivity contribution in [2.75, 3.05) is 6.54 Å². The number of ketones is 1. The number of Topliss-reactive ketones (excluding diaryl/α,β-unsaturated/α-hetero) is 1. The smallest absolute Gasteiger partial charge is 0.143 e. The van der Waals surface area contributed by atoms with Gasteiger partial charge in [-0.05, 0) is 38.8 Å². The lowest BCUT2D eigenvalue weighted by molar-refractivity contribution is -0.122. The third kappa shape index (κ3) is 3.24. The Labute approximate surface area is 115 Å². The molecule has 19 heavy (non-hydrogen) atoms. The number of hydrogen-bond donors (Lipinski definition) is 1. The first-order valence-electron chi connectivity index (χ1n) is 7.45. The molecular formula is C15H25N3O. The largest absolute Gasteiger partial charge is 0.314 e. The maximum absolute atomic E-state index is 12.3. The molecule has 106 valence electrons. The summed E-state index contributed by atoms with van der Waals surface area (Å²) in [6.07, 6.45) is 5.61. The van der Waals surface area contributed by atoms with Crippen molar-refractivity contribution in [2.24, 2.45) is 5.92 Å². The first kappa shape index (κ1) is 14.3. The highest BCUT2D eigenvalue weighted by molar-refractivity contribution is 5.83. The van der Waals surface area contributed by atoms with Gasteiger partial charge in [0.25, 0.3) is 0 Å². The second kappa shape index (κ2) is 6.33. The van der Waals surface area contributed by atoms with E-state index in [2.05, 4.69) is 31.2 Å². The number of nitrogens with one attached hydrogen (secondary N) is 1. The van der Waals surface area contributed by atoms with Crippen LogP contribution in [0.4, 0.5) is 0 Å². The van der Waals surface area contributed by atoms with E-state index in [4.69, 9.17) is 0 Å². The Hall–Kier alpha value is -1.16. The van der Waals surface area contributed by atoms with Gasteiger partial charge < -0.3 is 5.32 Å². The van der Waals surface area contributed by atoms with E-state index in [1.807, 2.05) is 16.9 Å². The quantitative estimate of drug-likeness (QED) is 0.857. The van der Waals surface area contributed by atoms with Gasteiger partial charge in [0.15, 0.2) is 0 Å². The molecule has 0 spiro atoms. The molecule has 1 aromatic rings. The number of hydrogen-bond acceptors (Lipinski definition) is 3. The molecule has 1 N–H and O–H groups in total. The lowest BCUT2D eigenvalue weighted by atomic mass is 9.94. The van der Waals surface area contributed by atoms with E-state index in [1.165, 1.54) is 0 Å². The number of aromatic nitrogens is 2. The van der Waals surface area contributed by atoms with Crippen molar-refractivity contribution in [1.82, 2.24) is 15.1 Å². The highest BCUT2D eigenvalue weighted by Gasteiger charge is 2.29. The van der Waals surface area contributed by atoms with Crippen molar-refractivity contribution < 1.29 is 4.79 Å². The zero-order valence-corrected chi connectivity index (χ0v) is 12.2. The first-order chi connectivity index (χ1) is 9.15. The second-order valence-electron chi connectivity index (χ2n) is 5.54. The normalized spacial score (nSPS) is 23.2. The van der Waals surface area contributed by atoms with Crippen LogP contribution in [0.25, 0.3) is 0 Å². The van der Waals surface area contributed by atoms with Gasteiger partial charge in [0.05, 0.1) is 18.2 Å². The topological polar surface area (TPSA) is 46.9 Å². The van der Waals surface area contributed by atoms with Gasteiger partial charge in [-0.25, -0.2) is 0 Å². The van der Waals surface area contributed by atoms with Crippen molar-refractivity contribution in [3.63, 3.8) is 0 Å². The molecule has 4 heteroatoms. The molecule has 0 saturated carbocycles. The van der Waals surface area contributed by atoms with E-state index >= 15 is 0 Å². The van der Waals surface area contributed by atoms with Crippen molar-refractivity contribution in [1.29, 1.82) is 0 Å². The zero-order chi connectivity index (χ0) is 13.8. The van der Waals surface area contributed by atoms with Crippen molar-refractivity contribution in [3.05, 3.63) is 18.0 Å². The average Bonchev–Trinajstić information content (AvgIpc) is 3.00. The monoisotopic (exact) mass is 263 g/mol. The molecule has 0 radical (unpaired) electrons. The van der Waals surface area contributed by atoms with Gasteiger partial charge >= 0.3 is 0 Å². The molecule has 0 aliphatic carbocycles. The van der Waals surface area contributed by atoms with Crippen LogP contribution in [0.3, 0.4) is 0 Å². The highest BCUT2D eigenvalue weighted by atomic mass is 16.1. The fraction of sp³-hybridized carbons (Fsp3) is 0.733. The zero-order valence-electron chi connectivity index (χ0n) is 12.2. The van der Waals surface area contributed by atoms with Gasteiger partial charge in [0, 0.05) is 18.2 Å². The Morgan fingerprint density at radius 2 is 2.26 bits per heavy atom. The molecule has 2 rings (SSSR count). The predicted molar refractivity (Wildman–Crippen MR) is 76.1 cm³/mol. The molecule has 4 nitrogen and oxygen atoms in total. The fourth-order valence-electron chi connectivity index (χ4n) is 2.95. The Balaban J connectivity index is 1.98. The molecule has 0 bridgehead atoms. The molecule has 1 aromatic heterocycles. The Morgan fingerprint density at radius 3 is 2.84 bits per heavy atom. The maximum Gasteiger partial charge on any atom is 0.143 e. The number of rotatable bonds is 6. The van der Waals surface area contributed by atoms with Crippen LogP contribution in [0.5, 0.6) is 0 Å². The third-order valence-corrected chi connectivity index (χ3v) is 4.27. The molecule has 2 heterocycles. The summed E-state index contributed by atoms with van der Waals surface area (Å²) in [7, 11) is 0. The first-order valence-corrected chi connectivity index (χ1v) is 7.45. The van der Waals surface area contributed by atoms with Gasteiger partial charge in [0.2, 0.25) is 0 Å². The SMILES string of the molecule is CCC(CC)n1ccc(CC(=O)C2CCNC2C)n1. The summed E-state index contributed by atoms with van der Waals surface area (Å²) in [6, 6.07) is 2.76. The van der Waals surface area contributed by atoms with Gasteiger partial charge in [-0.1, -0.05) is 13.8 Å². The van der Waals surface area contributed by atoms with Crippen LogP contribution >= 0.6 is 0 Å². The third-order valence-electron chi connectivity index (χ3n) is 4.27. The summed E-state index contributed by atoms with van der Waals surface area (Å²) in [5.74, 6) is 0.491. The van der Waals surface area contributed by atoms with E-state index in [9.17, 15) is 4.79 Å². The van der Waals surface area contributed by atoms with E-state index in [-0.39, 0.29) is 5.92 Å². The van der Waals surface area contributed by atoms with E-state index in [1.54, 1.807) is 0 Å². The lowest BCUT2D eigenvalue weighted by Gasteiger charge is -2.13. The van der Waals surface area contributed by atoms with E-state index in [0.29, 0.717) is 24.3 Å². The number of nitrogens with zero attached hydrogens (tertiary/aromatic N) is 2. The van der Waals surface area contributed by atoms with Crippen LogP contribution in [0.15, 0.2) is 12.3 Å². The number of carbonyl (C=O) groups excluding carboxylic acids is 1. The van der Waals surface area contributed by atoms with Crippen molar-refractivity contribution in [3.8, 4) is 0 Å². The van der Waals surface area contributed by atoms with Crippen LogP contribution in [0, 0.1) is 5.92 Å². The summed E-state index contributed by atoms with van der Waals surface area (Å²) >= 11 is 0. The molecule has 1 fully saturated rings. The molecule has 0 aromatic carbocycles. The molecular weight excluding hydrogens is 238 g/mol. The van der Waals surface area contributed by atoms with E-state index < -0.39 is 0 Å². The number of carbonyl (C=O) groups is 1. The lowest BCUT2D eigenvalue weighted by Crippen LogP contribution is -2.29. The van der Waals surface area contributed by atoms with Crippen LogP contribution in [-0.2, 0) is 11.2 Å². The van der Waals surface area contributed by atoms with Gasteiger partial charge in [-0.2, -0.15) is 5.10 Å². The van der Waals surface area contributed by atoms with Crippen LogP contribution in [0.2, 0.25) is 0 Å².